The monoisotopic (exact) mass is 305 g/mol. The molecule has 1 aliphatic rings. The first-order valence-corrected chi connectivity index (χ1v) is 7.07. The van der Waals surface area contributed by atoms with Crippen LogP contribution < -0.4 is 5.32 Å². The fraction of sp³-hybridized carbons (Fsp3) is 0.357. The number of benzene rings is 1. The average molecular weight is 306 g/mol. The third kappa shape index (κ3) is 3.00. The van der Waals surface area contributed by atoms with Crippen molar-refractivity contribution >= 4 is 15.9 Å². The molecule has 1 N–H and O–H groups in total. The highest BCUT2D eigenvalue weighted by molar-refractivity contribution is 9.10. The van der Waals surface area contributed by atoms with E-state index in [1.165, 1.54) is 24.1 Å². The van der Waals surface area contributed by atoms with Gasteiger partial charge < -0.3 is 9.88 Å². The van der Waals surface area contributed by atoms with Crippen molar-refractivity contribution < 1.29 is 0 Å². The van der Waals surface area contributed by atoms with Crippen molar-refractivity contribution in [3.05, 3.63) is 52.5 Å². The molecule has 1 aliphatic carbocycles. The second-order valence-corrected chi connectivity index (χ2v) is 5.71. The summed E-state index contributed by atoms with van der Waals surface area (Å²) in [6, 6.07) is 9.17. The van der Waals surface area contributed by atoms with Gasteiger partial charge in [-0.05, 0) is 30.5 Å². The van der Waals surface area contributed by atoms with Crippen molar-refractivity contribution in [3.8, 4) is 0 Å². The van der Waals surface area contributed by atoms with Crippen molar-refractivity contribution in [2.24, 2.45) is 0 Å². The summed E-state index contributed by atoms with van der Waals surface area (Å²) >= 11 is 3.46. The van der Waals surface area contributed by atoms with Crippen molar-refractivity contribution in [3.63, 3.8) is 0 Å². The Kier molecular flexibility index (Phi) is 3.48. The van der Waals surface area contributed by atoms with Gasteiger partial charge in [0, 0.05) is 29.8 Å². The lowest BCUT2D eigenvalue weighted by molar-refractivity contribution is 0.634. The first kappa shape index (κ1) is 11.9. The standard InChI is InChI=1S/C14H16BrN3/c15-12-3-1-11(2-4-12)9-18-10-16-7-14(18)8-17-13-5-6-13/h1-4,7,10,13,17H,5-6,8-9H2. The average Bonchev–Trinajstić information content (AvgIpc) is 3.11. The van der Waals surface area contributed by atoms with Crippen LogP contribution in [0, 0.1) is 0 Å². The van der Waals surface area contributed by atoms with E-state index < -0.39 is 0 Å². The maximum atomic E-state index is 4.25. The van der Waals surface area contributed by atoms with Crippen LogP contribution in [0.5, 0.6) is 0 Å². The highest BCUT2D eigenvalue weighted by Crippen LogP contribution is 2.19. The van der Waals surface area contributed by atoms with E-state index >= 15 is 0 Å². The van der Waals surface area contributed by atoms with Gasteiger partial charge in [-0.15, -0.1) is 0 Å². The topological polar surface area (TPSA) is 29.9 Å². The summed E-state index contributed by atoms with van der Waals surface area (Å²) in [5.74, 6) is 0. The van der Waals surface area contributed by atoms with E-state index in [0.717, 1.165) is 23.6 Å². The Balaban J connectivity index is 1.67. The van der Waals surface area contributed by atoms with Crippen LogP contribution in [0.3, 0.4) is 0 Å². The van der Waals surface area contributed by atoms with Gasteiger partial charge in [-0.3, -0.25) is 0 Å². The molecule has 0 atom stereocenters. The molecule has 1 aromatic heterocycles. The zero-order chi connectivity index (χ0) is 12.4. The summed E-state index contributed by atoms with van der Waals surface area (Å²) in [7, 11) is 0. The van der Waals surface area contributed by atoms with Crippen LogP contribution >= 0.6 is 15.9 Å². The zero-order valence-corrected chi connectivity index (χ0v) is 11.7. The second-order valence-electron chi connectivity index (χ2n) is 4.79. The number of hydrogen-bond donors (Lipinski definition) is 1. The van der Waals surface area contributed by atoms with Crippen molar-refractivity contribution in [1.82, 2.24) is 14.9 Å². The molecule has 1 aromatic carbocycles. The van der Waals surface area contributed by atoms with E-state index in [1.54, 1.807) is 0 Å². The van der Waals surface area contributed by atoms with Crippen LogP contribution in [0.2, 0.25) is 0 Å². The third-order valence-corrected chi connectivity index (χ3v) is 3.74. The van der Waals surface area contributed by atoms with Crippen LogP contribution in [0.15, 0.2) is 41.3 Å². The van der Waals surface area contributed by atoms with E-state index in [0.29, 0.717) is 0 Å². The van der Waals surface area contributed by atoms with Crippen LogP contribution in [-0.2, 0) is 13.1 Å². The molecule has 3 nitrogen and oxygen atoms in total. The molecule has 0 radical (unpaired) electrons. The highest BCUT2D eigenvalue weighted by Gasteiger charge is 2.20. The molecule has 1 heterocycles. The predicted molar refractivity (Wildman–Crippen MR) is 75.3 cm³/mol. The van der Waals surface area contributed by atoms with Gasteiger partial charge in [0.2, 0.25) is 0 Å². The van der Waals surface area contributed by atoms with E-state index in [4.69, 9.17) is 0 Å². The number of rotatable bonds is 5. The molecular weight excluding hydrogens is 290 g/mol. The molecule has 2 aromatic rings. The molecular formula is C14H16BrN3. The van der Waals surface area contributed by atoms with Gasteiger partial charge in [0.1, 0.15) is 0 Å². The fourth-order valence-electron chi connectivity index (χ4n) is 1.96. The van der Waals surface area contributed by atoms with Gasteiger partial charge >= 0.3 is 0 Å². The minimum absolute atomic E-state index is 0.737. The number of nitrogens with one attached hydrogen (secondary N) is 1. The molecule has 0 spiro atoms. The van der Waals surface area contributed by atoms with Crippen LogP contribution in [0.25, 0.3) is 0 Å². The number of hydrogen-bond acceptors (Lipinski definition) is 2. The molecule has 4 heteroatoms. The van der Waals surface area contributed by atoms with Gasteiger partial charge in [-0.1, -0.05) is 28.1 Å². The van der Waals surface area contributed by atoms with E-state index in [-0.39, 0.29) is 0 Å². The smallest absolute Gasteiger partial charge is 0.0951 e. The largest absolute Gasteiger partial charge is 0.329 e. The highest BCUT2D eigenvalue weighted by atomic mass is 79.9. The Morgan fingerprint density at radius 3 is 2.78 bits per heavy atom. The quantitative estimate of drug-likeness (QED) is 0.920. The zero-order valence-electron chi connectivity index (χ0n) is 10.1. The summed E-state index contributed by atoms with van der Waals surface area (Å²) in [6.45, 7) is 1.80. The van der Waals surface area contributed by atoms with Crippen molar-refractivity contribution in [1.29, 1.82) is 0 Å². The SMILES string of the molecule is Brc1ccc(Cn2cncc2CNC2CC2)cc1. The second kappa shape index (κ2) is 5.24. The lowest BCUT2D eigenvalue weighted by atomic mass is 10.2. The normalized spacial score (nSPS) is 14.9. The fourth-order valence-corrected chi connectivity index (χ4v) is 2.22. The van der Waals surface area contributed by atoms with Crippen molar-refractivity contribution in [2.75, 3.05) is 0 Å². The molecule has 0 aliphatic heterocycles. The molecule has 18 heavy (non-hydrogen) atoms. The maximum absolute atomic E-state index is 4.25. The Morgan fingerprint density at radius 2 is 2.06 bits per heavy atom. The molecule has 3 rings (SSSR count). The summed E-state index contributed by atoms with van der Waals surface area (Å²) in [5, 5.41) is 3.53. The number of nitrogens with zero attached hydrogens (tertiary/aromatic N) is 2. The summed E-state index contributed by atoms with van der Waals surface area (Å²) in [6.07, 6.45) is 6.50. The van der Waals surface area contributed by atoms with Crippen LogP contribution in [-0.4, -0.2) is 15.6 Å². The number of aromatic nitrogens is 2. The maximum Gasteiger partial charge on any atom is 0.0951 e. The minimum atomic E-state index is 0.737. The third-order valence-electron chi connectivity index (χ3n) is 3.21. The number of imidazole rings is 1. The van der Waals surface area contributed by atoms with Gasteiger partial charge in [-0.2, -0.15) is 0 Å². The summed E-state index contributed by atoms with van der Waals surface area (Å²) in [4.78, 5) is 4.25. The van der Waals surface area contributed by atoms with Crippen molar-refractivity contribution in [2.45, 2.75) is 32.0 Å². The van der Waals surface area contributed by atoms with Gasteiger partial charge in [0.05, 0.1) is 12.0 Å². The molecule has 1 saturated carbocycles. The number of halogens is 1. The Labute approximate surface area is 115 Å². The predicted octanol–water partition coefficient (Wildman–Crippen LogP) is 2.95. The molecule has 0 unspecified atom stereocenters. The minimum Gasteiger partial charge on any atom is -0.329 e. The molecule has 0 saturated heterocycles. The van der Waals surface area contributed by atoms with Crippen LogP contribution in [0.1, 0.15) is 24.1 Å². The Hall–Kier alpha value is -1.13. The lowest BCUT2D eigenvalue weighted by Crippen LogP contribution is -2.18. The van der Waals surface area contributed by atoms with E-state index in [2.05, 4.69) is 55.1 Å². The Morgan fingerprint density at radius 1 is 1.28 bits per heavy atom. The first-order chi connectivity index (χ1) is 8.81. The molecule has 94 valence electrons. The van der Waals surface area contributed by atoms with Crippen LogP contribution in [0.4, 0.5) is 0 Å². The first-order valence-electron chi connectivity index (χ1n) is 6.28. The lowest BCUT2D eigenvalue weighted by Gasteiger charge is -2.09. The van der Waals surface area contributed by atoms with Gasteiger partial charge in [0.15, 0.2) is 0 Å². The summed E-state index contributed by atoms with van der Waals surface area (Å²) < 4.78 is 3.33. The van der Waals surface area contributed by atoms with Gasteiger partial charge in [0.25, 0.3) is 0 Å². The van der Waals surface area contributed by atoms with Gasteiger partial charge in [-0.25, -0.2) is 4.98 Å². The van der Waals surface area contributed by atoms with E-state index in [1.807, 2.05) is 12.5 Å². The molecule has 0 bridgehead atoms. The molecule has 0 amide bonds. The summed E-state index contributed by atoms with van der Waals surface area (Å²) in [5.41, 5.74) is 2.55. The van der Waals surface area contributed by atoms with E-state index in [9.17, 15) is 0 Å². The molecule has 1 fully saturated rings. The Bertz CT molecular complexity index is 514.